The van der Waals surface area contributed by atoms with Gasteiger partial charge < -0.3 is 24.1 Å². The molecule has 2 aromatic carbocycles. The third-order valence-electron chi connectivity index (χ3n) is 4.12. The molecular formula is C19H21NO6. The average Bonchev–Trinajstić information content (AvgIpc) is 3.16. The first kappa shape index (κ1) is 17.8. The van der Waals surface area contributed by atoms with Gasteiger partial charge in [0.1, 0.15) is 6.10 Å². The molecule has 7 heteroatoms. The summed E-state index contributed by atoms with van der Waals surface area (Å²) in [4.78, 5) is 5.63. The molecule has 2 aromatic rings. The Hall–Kier alpha value is -3.06. The van der Waals surface area contributed by atoms with Crippen LogP contribution in [0.1, 0.15) is 17.2 Å². The lowest BCUT2D eigenvalue weighted by Gasteiger charge is -2.14. The number of nitrogens with one attached hydrogen (secondary N) is 1. The van der Waals surface area contributed by atoms with Crippen LogP contribution in [0.5, 0.6) is 28.7 Å². The Bertz CT molecular complexity index is 808. The predicted molar refractivity (Wildman–Crippen MR) is 95.7 cm³/mol. The average molecular weight is 359 g/mol. The molecule has 0 amide bonds. The molecule has 0 aliphatic carbocycles. The number of rotatable bonds is 6. The van der Waals surface area contributed by atoms with E-state index in [9.17, 15) is 5.11 Å². The topological polar surface area (TPSA) is 78.4 Å². The number of ether oxygens (including phenoxy) is 4. The number of methoxy groups -OCH3 is 4. The van der Waals surface area contributed by atoms with Gasteiger partial charge in [-0.25, -0.2) is 0 Å². The Kier molecular flexibility index (Phi) is 5.09. The Morgan fingerprint density at radius 1 is 0.885 bits per heavy atom. The summed E-state index contributed by atoms with van der Waals surface area (Å²) in [6, 6.07) is 8.80. The zero-order valence-corrected chi connectivity index (χ0v) is 15.0. The molecule has 0 aromatic heterocycles. The second kappa shape index (κ2) is 7.45. The Labute approximate surface area is 151 Å². The van der Waals surface area contributed by atoms with E-state index in [4.69, 9.17) is 23.8 Å². The highest BCUT2D eigenvalue weighted by Gasteiger charge is 2.23. The van der Waals surface area contributed by atoms with Gasteiger partial charge in [-0.2, -0.15) is 0 Å². The molecule has 1 unspecified atom stereocenters. The fourth-order valence-corrected chi connectivity index (χ4v) is 2.79. The first-order valence-corrected chi connectivity index (χ1v) is 7.92. The zero-order chi connectivity index (χ0) is 18.7. The third kappa shape index (κ3) is 3.21. The first-order chi connectivity index (χ1) is 12.6. The number of benzene rings is 2. The number of hydrogen-bond acceptors (Lipinski definition) is 7. The lowest BCUT2D eigenvalue weighted by atomic mass is 10.1. The van der Waals surface area contributed by atoms with Crippen LogP contribution >= 0.6 is 0 Å². The quantitative estimate of drug-likeness (QED) is 0.821. The lowest BCUT2D eigenvalue weighted by molar-refractivity contribution is 0.0509. The van der Waals surface area contributed by atoms with Gasteiger partial charge in [0.25, 0.3) is 0 Å². The van der Waals surface area contributed by atoms with E-state index in [-0.39, 0.29) is 11.9 Å². The van der Waals surface area contributed by atoms with Crippen LogP contribution in [0.3, 0.4) is 0 Å². The largest absolute Gasteiger partial charge is 0.504 e. The summed E-state index contributed by atoms with van der Waals surface area (Å²) >= 11 is 0. The van der Waals surface area contributed by atoms with Gasteiger partial charge in [0.15, 0.2) is 23.0 Å². The van der Waals surface area contributed by atoms with E-state index >= 15 is 0 Å². The van der Waals surface area contributed by atoms with Crippen molar-refractivity contribution >= 4 is 5.70 Å². The minimum atomic E-state index is -0.360. The molecule has 1 heterocycles. The van der Waals surface area contributed by atoms with Crippen molar-refractivity contribution < 1.29 is 28.9 Å². The maximum atomic E-state index is 9.96. The molecule has 0 radical (unpaired) electrons. The molecule has 0 bridgehead atoms. The molecule has 1 aliphatic heterocycles. The molecule has 138 valence electrons. The number of phenolic OH excluding ortho intramolecular Hbond substituents is 1. The summed E-state index contributed by atoms with van der Waals surface area (Å²) in [7, 11) is 6.20. The molecule has 0 fully saturated rings. The van der Waals surface area contributed by atoms with E-state index in [1.54, 1.807) is 33.5 Å². The van der Waals surface area contributed by atoms with Crippen LogP contribution in [0.4, 0.5) is 0 Å². The molecule has 1 atom stereocenters. The summed E-state index contributed by atoms with van der Waals surface area (Å²) in [6.07, 6.45) is 1.54. The van der Waals surface area contributed by atoms with Gasteiger partial charge in [-0.3, -0.25) is 10.3 Å². The van der Waals surface area contributed by atoms with E-state index in [1.165, 1.54) is 7.11 Å². The second-order valence-corrected chi connectivity index (χ2v) is 5.57. The van der Waals surface area contributed by atoms with Crippen LogP contribution in [-0.4, -0.2) is 33.5 Å². The van der Waals surface area contributed by atoms with Gasteiger partial charge in [0.05, 0.1) is 34.1 Å². The molecule has 3 rings (SSSR count). The molecular weight excluding hydrogens is 338 g/mol. The molecule has 0 spiro atoms. The normalized spacial score (nSPS) is 15.8. The van der Waals surface area contributed by atoms with Crippen molar-refractivity contribution in [3.63, 3.8) is 0 Å². The number of hydrogen-bond donors (Lipinski definition) is 2. The Balaban J connectivity index is 1.93. The van der Waals surface area contributed by atoms with Gasteiger partial charge in [-0.1, -0.05) is 6.07 Å². The minimum absolute atomic E-state index is 0.0586. The van der Waals surface area contributed by atoms with Crippen LogP contribution in [0.2, 0.25) is 0 Å². The molecule has 26 heavy (non-hydrogen) atoms. The molecule has 1 aliphatic rings. The van der Waals surface area contributed by atoms with E-state index in [0.717, 1.165) is 16.8 Å². The van der Waals surface area contributed by atoms with E-state index in [0.29, 0.717) is 23.0 Å². The van der Waals surface area contributed by atoms with E-state index in [1.807, 2.05) is 24.3 Å². The predicted octanol–water partition coefficient (Wildman–Crippen LogP) is 3.04. The van der Waals surface area contributed by atoms with Crippen LogP contribution in [0.25, 0.3) is 5.70 Å². The van der Waals surface area contributed by atoms with Gasteiger partial charge in [0.2, 0.25) is 5.75 Å². The smallest absolute Gasteiger partial charge is 0.203 e. The monoisotopic (exact) mass is 359 g/mol. The Morgan fingerprint density at radius 2 is 1.54 bits per heavy atom. The standard InChI is InChI=1S/C19H21NO6/c1-22-15-6-5-11(7-14(15)21)16-10-13(20-26-16)12-8-17(23-2)19(25-4)18(9-12)24-3/h5-10,16,20-21H,1-4H3. The lowest BCUT2D eigenvalue weighted by Crippen LogP contribution is -2.08. The van der Waals surface area contributed by atoms with Gasteiger partial charge in [-0.15, -0.1) is 0 Å². The van der Waals surface area contributed by atoms with Gasteiger partial charge in [-0.05, 0) is 35.9 Å². The maximum absolute atomic E-state index is 9.96. The second-order valence-electron chi connectivity index (χ2n) is 5.57. The van der Waals surface area contributed by atoms with Crippen molar-refractivity contribution in [2.24, 2.45) is 0 Å². The van der Waals surface area contributed by atoms with Crippen molar-refractivity contribution in [2.45, 2.75) is 6.10 Å². The highest BCUT2D eigenvalue weighted by Crippen LogP contribution is 2.41. The SMILES string of the molecule is COc1ccc(C2C=C(c3cc(OC)c(OC)c(OC)c3)NO2)cc1O. The van der Waals surface area contributed by atoms with E-state index < -0.39 is 0 Å². The fraction of sp³-hybridized carbons (Fsp3) is 0.263. The summed E-state index contributed by atoms with van der Waals surface area (Å²) in [5.41, 5.74) is 5.27. The zero-order valence-electron chi connectivity index (χ0n) is 15.0. The first-order valence-electron chi connectivity index (χ1n) is 7.92. The van der Waals surface area contributed by atoms with Crippen LogP contribution in [0, 0.1) is 0 Å². The highest BCUT2D eigenvalue weighted by atomic mass is 16.7. The van der Waals surface area contributed by atoms with Crippen LogP contribution in [-0.2, 0) is 4.84 Å². The highest BCUT2D eigenvalue weighted by molar-refractivity contribution is 5.71. The van der Waals surface area contributed by atoms with Crippen LogP contribution < -0.4 is 24.4 Å². The molecule has 7 nitrogen and oxygen atoms in total. The Morgan fingerprint density at radius 3 is 2.08 bits per heavy atom. The van der Waals surface area contributed by atoms with Crippen molar-refractivity contribution in [3.05, 3.63) is 47.5 Å². The number of hydroxylamine groups is 1. The van der Waals surface area contributed by atoms with Gasteiger partial charge in [0, 0.05) is 5.56 Å². The van der Waals surface area contributed by atoms with Crippen molar-refractivity contribution in [1.82, 2.24) is 5.48 Å². The summed E-state index contributed by atoms with van der Waals surface area (Å²) in [5, 5.41) is 9.96. The van der Waals surface area contributed by atoms with E-state index in [2.05, 4.69) is 5.48 Å². The van der Waals surface area contributed by atoms with Gasteiger partial charge >= 0.3 is 0 Å². The van der Waals surface area contributed by atoms with Crippen molar-refractivity contribution in [2.75, 3.05) is 28.4 Å². The maximum Gasteiger partial charge on any atom is 0.203 e. The number of phenols is 1. The molecule has 0 saturated carbocycles. The van der Waals surface area contributed by atoms with Crippen molar-refractivity contribution in [1.29, 1.82) is 0 Å². The summed E-state index contributed by atoms with van der Waals surface area (Å²) < 4.78 is 21.2. The molecule has 0 saturated heterocycles. The van der Waals surface area contributed by atoms with Crippen molar-refractivity contribution in [3.8, 4) is 28.7 Å². The molecule has 2 N–H and O–H groups in total. The minimum Gasteiger partial charge on any atom is -0.504 e. The fourth-order valence-electron chi connectivity index (χ4n) is 2.79. The van der Waals surface area contributed by atoms with Crippen LogP contribution in [0.15, 0.2) is 36.4 Å². The summed E-state index contributed by atoms with van der Waals surface area (Å²) in [5.74, 6) is 2.09. The number of aromatic hydroxyl groups is 1. The summed E-state index contributed by atoms with van der Waals surface area (Å²) in [6.45, 7) is 0. The third-order valence-corrected chi connectivity index (χ3v) is 4.12.